The van der Waals surface area contributed by atoms with Gasteiger partial charge in [0.25, 0.3) is 0 Å². The number of rotatable bonds is 7. The monoisotopic (exact) mass is 394 g/mol. The number of benzene rings is 2. The minimum Gasteiger partial charge on any atom is -0.491 e. The van der Waals surface area contributed by atoms with Gasteiger partial charge in [-0.25, -0.2) is 0 Å². The molecule has 1 aliphatic heterocycles. The number of nitrogens with one attached hydrogen (secondary N) is 1. The molecule has 1 atom stereocenters. The molecule has 154 valence electrons. The van der Waals surface area contributed by atoms with Crippen molar-refractivity contribution in [1.29, 1.82) is 0 Å². The van der Waals surface area contributed by atoms with Crippen LogP contribution in [0.15, 0.2) is 48.5 Å². The van der Waals surface area contributed by atoms with Crippen molar-refractivity contribution in [2.75, 3.05) is 18.4 Å². The molecule has 1 heterocycles. The summed E-state index contributed by atoms with van der Waals surface area (Å²) in [6.45, 7) is 8.03. The average molecular weight is 395 g/mol. The summed E-state index contributed by atoms with van der Waals surface area (Å²) in [4.78, 5) is 26.5. The molecule has 5 nitrogen and oxygen atoms in total. The van der Waals surface area contributed by atoms with Crippen LogP contribution in [0.25, 0.3) is 0 Å². The molecule has 2 aromatic carbocycles. The number of carbonyl (C=O) groups is 2. The van der Waals surface area contributed by atoms with E-state index < -0.39 is 0 Å². The van der Waals surface area contributed by atoms with Crippen LogP contribution in [0.5, 0.6) is 5.75 Å². The highest BCUT2D eigenvalue weighted by atomic mass is 16.5. The van der Waals surface area contributed by atoms with E-state index >= 15 is 0 Å². The number of Topliss-reactive ketones (excluding diaryl/α,β-unsaturated/α-hetero) is 1. The average Bonchev–Trinajstić information content (AvgIpc) is 2.68. The van der Waals surface area contributed by atoms with Crippen LogP contribution in [-0.2, 0) is 11.3 Å². The summed E-state index contributed by atoms with van der Waals surface area (Å²) >= 11 is 0. The fraction of sp³-hybridized carbons (Fsp3) is 0.417. The van der Waals surface area contributed by atoms with E-state index in [-0.39, 0.29) is 23.7 Å². The first kappa shape index (κ1) is 21.1. The normalized spacial score (nSPS) is 17.2. The SMILES string of the molecule is CC(=O)Nc1ccc(CN2CCCC(C(=O)c3cccc(OC(C)C)c3)C2)cc1. The summed E-state index contributed by atoms with van der Waals surface area (Å²) in [6, 6.07) is 15.4. The zero-order valence-electron chi connectivity index (χ0n) is 17.5. The van der Waals surface area contributed by atoms with E-state index in [9.17, 15) is 9.59 Å². The number of anilines is 1. The summed E-state index contributed by atoms with van der Waals surface area (Å²) in [7, 11) is 0. The number of amides is 1. The lowest BCUT2D eigenvalue weighted by Gasteiger charge is -2.32. The van der Waals surface area contributed by atoms with Crippen LogP contribution < -0.4 is 10.1 Å². The van der Waals surface area contributed by atoms with Crippen LogP contribution in [0.3, 0.4) is 0 Å². The van der Waals surface area contributed by atoms with Gasteiger partial charge in [0.05, 0.1) is 6.10 Å². The molecule has 1 amide bonds. The molecule has 0 bridgehead atoms. The third-order valence-electron chi connectivity index (χ3n) is 5.05. The smallest absolute Gasteiger partial charge is 0.221 e. The van der Waals surface area contributed by atoms with Gasteiger partial charge in [0.2, 0.25) is 5.91 Å². The minimum absolute atomic E-state index is 0.0108. The van der Waals surface area contributed by atoms with Crippen LogP contribution >= 0.6 is 0 Å². The Bertz CT molecular complexity index is 845. The summed E-state index contributed by atoms with van der Waals surface area (Å²) in [5.41, 5.74) is 2.71. The predicted molar refractivity (Wildman–Crippen MR) is 115 cm³/mol. The Balaban J connectivity index is 1.61. The highest BCUT2D eigenvalue weighted by molar-refractivity contribution is 5.98. The summed E-state index contributed by atoms with van der Waals surface area (Å²) < 4.78 is 5.74. The zero-order valence-corrected chi connectivity index (χ0v) is 17.5. The Labute approximate surface area is 173 Å². The van der Waals surface area contributed by atoms with Gasteiger partial charge in [-0.15, -0.1) is 0 Å². The van der Waals surface area contributed by atoms with Crippen molar-refractivity contribution in [2.45, 2.75) is 46.3 Å². The van der Waals surface area contributed by atoms with Crippen molar-refractivity contribution in [3.05, 3.63) is 59.7 Å². The number of nitrogens with zero attached hydrogens (tertiary/aromatic N) is 1. The quantitative estimate of drug-likeness (QED) is 0.701. The summed E-state index contributed by atoms with van der Waals surface area (Å²) in [6.07, 6.45) is 2.02. The van der Waals surface area contributed by atoms with Crippen LogP contribution in [0.1, 0.15) is 49.5 Å². The Kier molecular flexibility index (Phi) is 7.04. The molecule has 3 rings (SSSR count). The molecule has 0 saturated carbocycles. The zero-order chi connectivity index (χ0) is 20.8. The van der Waals surface area contributed by atoms with Crippen LogP contribution in [0, 0.1) is 5.92 Å². The second kappa shape index (κ2) is 9.70. The standard InChI is InChI=1S/C24H30N2O3/c1-17(2)29-23-8-4-6-20(14-23)24(28)21-7-5-13-26(16-21)15-19-9-11-22(12-10-19)25-18(3)27/h4,6,8-12,14,17,21H,5,7,13,15-16H2,1-3H3,(H,25,27). The second-order valence-electron chi connectivity index (χ2n) is 8.01. The van der Waals surface area contributed by atoms with E-state index in [4.69, 9.17) is 4.74 Å². The first-order valence-corrected chi connectivity index (χ1v) is 10.3. The van der Waals surface area contributed by atoms with E-state index in [1.165, 1.54) is 12.5 Å². The maximum Gasteiger partial charge on any atom is 0.221 e. The van der Waals surface area contributed by atoms with Gasteiger partial charge in [-0.3, -0.25) is 14.5 Å². The molecule has 1 unspecified atom stereocenters. The molecule has 0 aliphatic carbocycles. The van der Waals surface area contributed by atoms with Gasteiger partial charge in [0.15, 0.2) is 5.78 Å². The largest absolute Gasteiger partial charge is 0.491 e. The van der Waals surface area contributed by atoms with E-state index in [0.29, 0.717) is 0 Å². The maximum absolute atomic E-state index is 13.1. The Morgan fingerprint density at radius 2 is 1.93 bits per heavy atom. The van der Waals surface area contributed by atoms with Crippen molar-refractivity contribution in [3.63, 3.8) is 0 Å². The number of hydrogen-bond acceptors (Lipinski definition) is 4. The number of likely N-dealkylation sites (tertiary alicyclic amines) is 1. The first-order chi connectivity index (χ1) is 13.9. The molecule has 0 spiro atoms. The minimum atomic E-state index is -0.0713. The highest BCUT2D eigenvalue weighted by Gasteiger charge is 2.26. The van der Waals surface area contributed by atoms with Gasteiger partial charge in [-0.05, 0) is 63.1 Å². The topological polar surface area (TPSA) is 58.6 Å². The van der Waals surface area contributed by atoms with Crippen molar-refractivity contribution >= 4 is 17.4 Å². The predicted octanol–water partition coefficient (Wildman–Crippen LogP) is 4.53. The Morgan fingerprint density at radius 1 is 1.17 bits per heavy atom. The van der Waals surface area contributed by atoms with Gasteiger partial charge in [0, 0.05) is 37.2 Å². The maximum atomic E-state index is 13.1. The summed E-state index contributed by atoms with van der Waals surface area (Å²) in [5, 5.41) is 2.78. The second-order valence-corrected chi connectivity index (χ2v) is 8.01. The lowest BCUT2D eigenvalue weighted by Crippen LogP contribution is -2.38. The lowest BCUT2D eigenvalue weighted by atomic mass is 9.89. The molecule has 29 heavy (non-hydrogen) atoms. The number of piperidine rings is 1. The van der Waals surface area contributed by atoms with Gasteiger partial charge in [0.1, 0.15) is 5.75 Å². The number of hydrogen-bond donors (Lipinski definition) is 1. The van der Waals surface area contributed by atoms with Gasteiger partial charge >= 0.3 is 0 Å². The fourth-order valence-corrected chi connectivity index (χ4v) is 3.80. The molecule has 1 N–H and O–H groups in total. The Hall–Kier alpha value is -2.66. The molecule has 1 aliphatic rings. The van der Waals surface area contributed by atoms with Gasteiger partial charge in [-0.2, -0.15) is 0 Å². The Morgan fingerprint density at radius 3 is 2.62 bits per heavy atom. The van der Waals surface area contributed by atoms with Crippen LogP contribution in [-0.4, -0.2) is 35.8 Å². The molecular formula is C24H30N2O3. The molecule has 1 fully saturated rings. The molecule has 5 heteroatoms. The van der Waals surface area contributed by atoms with Crippen molar-refractivity contribution in [1.82, 2.24) is 4.90 Å². The van der Waals surface area contributed by atoms with E-state index in [1.807, 2.05) is 62.4 Å². The summed E-state index contributed by atoms with van der Waals surface area (Å²) in [5.74, 6) is 0.886. The number of ketones is 1. The molecule has 0 radical (unpaired) electrons. The third kappa shape index (κ3) is 6.16. The van der Waals surface area contributed by atoms with Crippen LogP contribution in [0.4, 0.5) is 5.69 Å². The highest BCUT2D eigenvalue weighted by Crippen LogP contribution is 2.25. The van der Waals surface area contributed by atoms with Gasteiger partial charge < -0.3 is 10.1 Å². The third-order valence-corrected chi connectivity index (χ3v) is 5.05. The van der Waals surface area contributed by atoms with Crippen molar-refractivity contribution < 1.29 is 14.3 Å². The van der Waals surface area contributed by atoms with Crippen molar-refractivity contribution in [2.24, 2.45) is 5.92 Å². The number of ether oxygens (including phenoxy) is 1. The van der Waals surface area contributed by atoms with Gasteiger partial charge in [-0.1, -0.05) is 24.3 Å². The fourth-order valence-electron chi connectivity index (χ4n) is 3.80. The van der Waals surface area contributed by atoms with E-state index in [0.717, 1.165) is 49.5 Å². The molecule has 2 aromatic rings. The van der Waals surface area contributed by atoms with Crippen molar-refractivity contribution in [3.8, 4) is 5.75 Å². The van der Waals surface area contributed by atoms with Crippen LogP contribution in [0.2, 0.25) is 0 Å². The molecular weight excluding hydrogens is 364 g/mol. The molecule has 0 aromatic heterocycles. The lowest BCUT2D eigenvalue weighted by molar-refractivity contribution is -0.114. The first-order valence-electron chi connectivity index (χ1n) is 10.3. The van der Waals surface area contributed by atoms with E-state index in [2.05, 4.69) is 10.2 Å². The molecule has 1 saturated heterocycles. The number of carbonyl (C=O) groups excluding carboxylic acids is 2. The van der Waals surface area contributed by atoms with E-state index in [1.54, 1.807) is 0 Å².